The number of amides is 1. The van der Waals surface area contributed by atoms with Gasteiger partial charge in [0.15, 0.2) is 0 Å². The predicted octanol–water partition coefficient (Wildman–Crippen LogP) is 2.43. The molecular formula is C20H20N4O5. The normalized spacial score (nSPS) is 10.8. The molecule has 3 rings (SSSR count). The zero-order valence-corrected chi connectivity index (χ0v) is 16.0. The number of methoxy groups -OCH3 is 1. The van der Waals surface area contributed by atoms with Crippen LogP contribution in [0.1, 0.15) is 21.7 Å². The van der Waals surface area contributed by atoms with Crippen LogP contribution in [0.25, 0.3) is 10.9 Å². The number of aryl methyl sites for hydroxylation is 1. The van der Waals surface area contributed by atoms with Crippen molar-refractivity contribution in [2.45, 2.75) is 13.5 Å². The van der Waals surface area contributed by atoms with E-state index in [-0.39, 0.29) is 36.9 Å². The van der Waals surface area contributed by atoms with Crippen molar-refractivity contribution in [3.63, 3.8) is 0 Å². The van der Waals surface area contributed by atoms with E-state index in [4.69, 9.17) is 4.74 Å². The molecule has 2 aromatic carbocycles. The standard InChI is InChI=1S/C20H20N4O5/c1-13-11-14(7-8-17(13)24(27)28)20(26)23(9-10-29-2)12-18-21-16-6-4-3-5-15(16)19(25)22-18/h3-8,11H,9-10,12H2,1-2H3,(H,21,22,25). The number of carbonyl (C=O) groups excluding carboxylic acids is 1. The molecular weight excluding hydrogens is 376 g/mol. The number of ether oxygens (including phenoxy) is 1. The topological polar surface area (TPSA) is 118 Å². The first-order chi connectivity index (χ1) is 13.9. The molecule has 0 atom stereocenters. The molecule has 0 aliphatic rings. The maximum Gasteiger partial charge on any atom is 0.272 e. The molecule has 1 heterocycles. The first kappa shape index (κ1) is 20.2. The SMILES string of the molecule is COCCN(Cc1nc2ccccc2c(=O)[nH]1)C(=O)c1ccc([N+](=O)[O-])c(C)c1. The average Bonchev–Trinajstić information content (AvgIpc) is 2.70. The molecule has 9 heteroatoms. The fourth-order valence-corrected chi connectivity index (χ4v) is 3.02. The molecule has 3 aromatic rings. The van der Waals surface area contributed by atoms with Gasteiger partial charge in [0.2, 0.25) is 0 Å². The summed E-state index contributed by atoms with van der Waals surface area (Å²) >= 11 is 0. The molecule has 0 saturated heterocycles. The molecule has 0 aliphatic heterocycles. The number of hydrogen-bond donors (Lipinski definition) is 1. The number of nitro groups is 1. The van der Waals surface area contributed by atoms with Crippen molar-refractivity contribution >= 4 is 22.5 Å². The lowest BCUT2D eigenvalue weighted by Crippen LogP contribution is -2.34. The van der Waals surface area contributed by atoms with Crippen LogP contribution >= 0.6 is 0 Å². The molecule has 0 saturated carbocycles. The fourth-order valence-electron chi connectivity index (χ4n) is 3.02. The summed E-state index contributed by atoms with van der Waals surface area (Å²) in [6.07, 6.45) is 0. The minimum Gasteiger partial charge on any atom is -0.383 e. The number of hydrogen-bond acceptors (Lipinski definition) is 6. The Kier molecular flexibility index (Phi) is 5.99. The highest BCUT2D eigenvalue weighted by molar-refractivity contribution is 5.94. The molecule has 0 unspecified atom stereocenters. The van der Waals surface area contributed by atoms with Crippen LogP contribution in [0, 0.1) is 17.0 Å². The lowest BCUT2D eigenvalue weighted by molar-refractivity contribution is -0.385. The van der Waals surface area contributed by atoms with Crippen LogP contribution in [-0.2, 0) is 11.3 Å². The van der Waals surface area contributed by atoms with Crippen LogP contribution in [0.4, 0.5) is 5.69 Å². The van der Waals surface area contributed by atoms with Gasteiger partial charge in [-0.05, 0) is 31.2 Å². The summed E-state index contributed by atoms with van der Waals surface area (Å²) in [7, 11) is 1.52. The molecule has 1 amide bonds. The van der Waals surface area contributed by atoms with E-state index in [9.17, 15) is 19.7 Å². The Balaban J connectivity index is 1.92. The molecule has 9 nitrogen and oxygen atoms in total. The highest BCUT2D eigenvalue weighted by atomic mass is 16.6. The van der Waals surface area contributed by atoms with Gasteiger partial charge in [0.1, 0.15) is 5.82 Å². The summed E-state index contributed by atoms with van der Waals surface area (Å²) in [6, 6.07) is 11.2. The van der Waals surface area contributed by atoms with E-state index in [1.807, 2.05) is 0 Å². The van der Waals surface area contributed by atoms with Gasteiger partial charge in [-0.3, -0.25) is 19.7 Å². The second-order valence-electron chi connectivity index (χ2n) is 6.51. The molecule has 1 aromatic heterocycles. The Morgan fingerprint density at radius 3 is 2.72 bits per heavy atom. The van der Waals surface area contributed by atoms with E-state index in [2.05, 4.69) is 9.97 Å². The number of nitrogens with zero attached hydrogens (tertiary/aromatic N) is 3. The Morgan fingerprint density at radius 1 is 1.28 bits per heavy atom. The lowest BCUT2D eigenvalue weighted by atomic mass is 10.1. The summed E-state index contributed by atoms with van der Waals surface area (Å²) in [5.41, 5.74) is 0.912. The number of aromatic nitrogens is 2. The molecule has 1 N–H and O–H groups in total. The summed E-state index contributed by atoms with van der Waals surface area (Å²) in [6.45, 7) is 2.20. The van der Waals surface area contributed by atoms with E-state index in [1.165, 1.54) is 30.2 Å². The molecule has 29 heavy (non-hydrogen) atoms. The summed E-state index contributed by atoms with van der Waals surface area (Å²) in [5, 5.41) is 11.5. The van der Waals surface area contributed by atoms with E-state index >= 15 is 0 Å². The number of nitrogens with one attached hydrogen (secondary N) is 1. The minimum absolute atomic E-state index is 0.0504. The molecule has 0 aliphatic carbocycles. The smallest absolute Gasteiger partial charge is 0.272 e. The van der Waals surface area contributed by atoms with Crippen molar-refractivity contribution < 1.29 is 14.5 Å². The molecule has 0 bridgehead atoms. The largest absolute Gasteiger partial charge is 0.383 e. The number of H-pyrrole nitrogens is 1. The van der Waals surface area contributed by atoms with E-state index in [1.54, 1.807) is 31.2 Å². The van der Waals surface area contributed by atoms with Crippen LogP contribution < -0.4 is 5.56 Å². The first-order valence-corrected chi connectivity index (χ1v) is 8.92. The molecule has 0 fully saturated rings. The average molecular weight is 396 g/mol. The van der Waals surface area contributed by atoms with Gasteiger partial charge in [-0.25, -0.2) is 4.98 Å². The van der Waals surface area contributed by atoms with Gasteiger partial charge in [-0.1, -0.05) is 12.1 Å². The summed E-state index contributed by atoms with van der Waals surface area (Å²) in [5.74, 6) is 0.00708. The Labute approximate surface area is 166 Å². The number of benzene rings is 2. The number of para-hydroxylation sites is 1. The van der Waals surface area contributed by atoms with Gasteiger partial charge < -0.3 is 14.6 Å². The van der Waals surface area contributed by atoms with Gasteiger partial charge in [-0.15, -0.1) is 0 Å². The first-order valence-electron chi connectivity index (χ1n) is 8.92. The van der Waals surface area contributed by atoms with Crippen LogP contribution in [0.5, 0.6) is 0 Å². The second kappa shape index (κ2) is 8.61. The Hall–Kier alpha value is -3.59. The lowest BCUT2D eigenvalue weighted by Gasteiger charge is -2.22. The van der Waals surface area contributed by atoms with Gasteiger partial charge in [0.25, 0.3) is 17.2 Å². The molecule has 0 spiro atoms. The van der Waals surface area contributed by atoms with E-state index in [0.29, 0.717) is 27.9 Å². The third kappa shape index (κ3) is 4.46. The summed E-state index contributed by atoms with van der Waals surface area (Å²) in [4.78, 5) is 44.5. The highest BCUT2D eigenvalue weighted by Crippen LogP contribution is 2.20. The number of nitro benzene ring substituents is 1. The minimum atomic E-state index is -0.490. The Bertz CT molecular complexity index is 1130. The molecule has 150 valence electrons. The van der Waals surface area contributed by atoms with Crippen LogP contribution in [0.15, 0.2) is 47.3 Å². The van der Waals surface area contributed by atoms with Gasteiger partial charge in [-0.2, -0.15) is 0 Å². The third-order valence-corrected chi connectivity index (χ3v) is 4.50. The fraction of sp³-hybridized carbons (Fsp3) is 0.250. The van der Waals surface area contributed by atoms with E-state index in [0.717, 1.165) is 0 Å². The second-order valence-corrected chi connectivity index (χ2v) is 6.51. The maximum atomic E-state index is 13.0. The molecule has 0 radical (unpaired) electrons. The Morgan fingerprint density at radius 2 is 2.03 bits per heavy atom. The van der Waals surface area contributed by atoms with Crippen LogP contribution in [-0.4, -0.2) is 46.0 Å². The van der Waals surface area contributed by atoms with Crippen LogP contribution in [0.3, 0.4) is 0 Å². The quantitative estimate of drug-likeness (QED) is 0.484. The summed E-state index contributed by atoms with van der Waals surface area (Å²) < 4.78 is 5.09. The maximum absolute atomic E-state index is 13.0. The number of carbonyl (C=O) groups is 1. The number of rotatable bonds is 7. The van der Waals surface area contributed by atoms with Crippen molar-refractivity contribution in [2.75, 3.05) is 20.3 Å². The van der Waals surface area contributed by atoms with Crippen LogP contribution in [0.2, 0.25) is 0 Å². The predicted molar refractivity (Wildman–Crippen MR) is 107 cm³/mol. The van der Waals surface area contributed by atoms with Crippen molar-refractivity contribution in [3.05, 3.63) is 79.9 Å². The third-order valence-electron chi connectivity index (χ3n) is 4.50. The van der Waals surface area contributed by atoms with Gasteiger partial charge in [0, 0.05) is 30.8 Å². The van der Waals surface area contributed by atoms with Crippen molar-refractivity contribution in [1.29, 1.82) is 0 Å². The van der Waals surface area contributed by atoms with Gasteiger partial charge >= 0.3 is 0 Å². The van der Waals surface area contributed by atoms with Crippen molar-refractivity contribution in [1.82, 2.24) is 14.9 Å². The van der Waals surface area contributed by atoms with Gasteiger partial charge in [0.05, 0.1) is 29.0 Å². The van der Waals surface area contributed by atoms with E-state index < -0.39 is 4.92 Å². The van der Waals surface area contributed by atoms with Crippen molar-refractivity contribution in [3.8, 4) is 0 Å². The number of fused-ring (bicyclic) bond motifs is 1. The van der Waals surface area contributed by atoms with Crippen molar-refractivity contribution in [2.24, 2.45) is 0 Å². The monoisotopic (exact) mass is 396 g/mol. The zero-order chi connectivity index (χ0) is 21.0. The zero-order valence-electron chi connectivity index (χ0n) is 16.0. The highest BCUT2D eigenvalue weighted by Gasteiger charge is 2.20. The number of aromatic amines is 1.